The Morgan fingerprint density at radius 2 is 1.72 bits per heavy atom. The number of aromatic hydroxyl groups is 1. The Labute approximate surface area is 205 Å². The molecular weight excluding hydrogens is 476 g/mol. The number of phenolic OH excluding ortho intramolecular Hbond substituents is 1. The highest BCUT2D eigenvalue weighted by Crippen LogP contribution is 2.56. The van der Waals surface area contributed by atoms with Crippen LogP contribution in [-0.2, 0) is 19.1 Å². The number of nitrogens with two attached hydrogens (primary N) is 1. The van der Waals surface area contributed by atoms with E-state index in [9.17, 15) is 44.7 Å². The molecule has 5 unspecified atom stereocenters. The van der Waals surface area contributed by atoms with Gasteiger partial charge < -0.3 is 40.9 Å². The van der Waals surface area contributed by atoms with Crippen molar-refractivity contribution >= 4 is 29.2 Å². The van der Waals surface area contributed by atoms with Crippen LogP contribution in [0, 0.1) is 17.8 Å². The predicted molar refractivity (Wildman–Crippen MR) is 122 cm³/mol. The lowest BCUT2D eigenvalue weighted by molar-refractivity contribution is -0.199. The Kier molecular flexibility index (Phi) is 5.99. The van der Waals surface area contributed by atoms with Gasteiger partial charge in [-0.3, -0.25) is 14.4 Å². The number of rotatable bonds is 3. The van der Waals surface area contributed by atoms with Gasteiger partial charge in [-0.15, -0.1) is 0 Å². The number of nitrogens with zero attached hydrogens (tertiary/aromatic N) is 1. The zero-order valence-corrected chi connectivity index (χ0v) is 20.0. The smallest absolute Gasteiger partial charge is 0.341 e. The third-order valence-corrected chi connectivity index (χ3v) is 7.90. The summed E-state index contributed by atoms with van der Waals surface area (Å²) in [4.78, 5) is 52.7. The Morgan fingerprint density at radius 1 is 1.11 bits per heavy atom. The molecule has 1 aromatic rings. The average Bonchev–Trinajstić information content (AvgIpc) is 2.80. The Morgan fingerprint density at radius 3 is 2.25 bits per heavy atom. The molecule has 0 radical (unpaired) electrons. The number of esters is 1. The number of hydrogen-bond acceptors (Lipinski definition) is 11. The van der Waals surface area contributed by atoms with Crippen molar-refractivity contribution in [2.75, 3.05) is 21.2 Å². The maximum absolute atomic E-state index is 13.8. The molecule has 1 aromatic carbocycles. The molecule has 0 bridgehead atoms. The monoisotopic (exact) mass is 504 g/mol. The number of amides is 1. The van der Waals surface area contributed by atoms with Crippen molar-refractivity contribution in [2.45, 2.75) is 36.7 Å². The summed E-state index contributed by atoms with van der Waals surface area (Å²) < 4.78 is 4.63. The lowest BCUT2D eigenvalue weighted by atomic mass is 9.51. The first-order valence-corrected chi connectivity index (χ1v) is 11.2. The van der Waals surface area contributed by atoms with Gasteiger partial charge in [0, 0.05) is 23.5 Å². The zero-order valence-electron chi connectivity index (χ0n) is 20.0. The highest BCUT2D eigenvalue weighted by molar-refractivity contribution is 6.25. The van der Waals surface area contributed by atoms with Crippen molar-refractivity contribution in [1.82, 2.24) is 4.90 Å². The fourth-order valence-corrected chi connectivity index (χ4v) is 6.25. The summed E-state index contributed by atoms with van der Waals surface area (Å²) in [5, 5.41) is 56.0. The molecule has 12 heteroatoms. The molecule has 36 heavy (non-hydrogen) atoms. The van der Waals surface area contributed by atoms with Crippen molar-refractivity contribution in [2.24, 2.45) is 23.5 Å². The summed E-state index contributed by atoms with van der Waals surface area (Å²) in [6.07, 6.45) is -3.38. The number of primary amides is 1. The van der Waals surface area contributed by atoms with Crippen LogP contribution in [0.5, 0.6) is 5.75 Å². The molecule has 2 fully saturated rings. The van der Waals surface area contributed by atoms with E-state index in [1.807, 2.05) is 0 Å². The summed E-state index contributed by atoms with van der Waals surface area (Å²) >= 11 is 0. The second kappa shape index (κ2) is 8.37. The molecule has 0 heterocycles. The fourth-order valence-electron chi connectivity index (χ4n) is 6.25. The lowest BCUT2D eigenvalue weighted by Gasteiger charge is -2.56. The third kappa shape index (κ3) is 3.08. The number of aliphatic hydroxyl groups is 4. The molecule has 3 aliphatic carbocycles. The first-order chi connectivity index (χ1) is 16.7. The van der Waals surface area contributed by atoms with Gasteiger partial charge >= 0.3 is 5.97 Å². The van der Waals surface area contributed by atoms with Crippen LogP contribution in [0.15, 0.2) is 17.7 Å². The van der Waals surface area contributed by atoms with Crippen molar-refractivity contribution in [3.63, 3.8) is 0 Å². The number of carbonyl (C=O) groups excluding carboxylic acids is 4. The number of fused-ring (bicyclic) bond motifs is 3. The van der Waals surface area contributed by atoms with Gasteiger partial charge in [-0.1, -0.05) is 13.0 Å². The van der Waals surface area contributed by atoms with E-state index in [2.05, 4.69) is 4.74 Å². The molecule has 0 aromatic heterocycles. The van der Waals surface area contributed by atoms with Gasteiger partial charge in [0.1, 0.15) is 23.0 Å². The van der Waals surface area contributed by atoms with Crippen LogP contribution in [0.2, 0.25) is 0 Å². The second-order valence-electron chi connectivity index (χ2n) is 9.80. The summed E-state index contributed by atoms with van der Waals surface area (Å²) in [5.41, 5.74) is 1.50. The van der Waals surface area contributed by atoms with Gasteiger partial charge in [-0.25, -0.2) is 4.79 Å². The molecule has 3 aliphatic rings. The average molecular weight is 504 g/mol. The molecule has 0 spiro atoms. The lowest BCUT2D eigenvalue weighted by Crippen LogP contribution is -2.76. The number of ether oxygens (including phenoxy) is 1. The minimum absolute atomic E-state index is 0.279. The molecule has 0 aliphatic heterocycles. The fraction of sp³-hybridized carbons (Fsp3) is 0.500. The van der Waals surface area contributed by atoms with E-state index >= 15 is 0 Å². The molecule has 2 saturated carbocycles. The normalized spacial score (nSPS) is 35.7. The molecular formula is C24H28N2O10. The number of hydrogen-bond donors (Lipinski definition) is 6. The van der Waals surface area contributed by atoms with Crippen LogP contribution < -0.4 is 5.73 Å². The number of benzene rings is 1. The molecule has 0 saturated heterocycles. The molecule has 1 amide bonds. The highest BCUT2D eigenvalue weighted by atomic mass is 16.5. The minimum atomic E-state index is -3.01. The number of methoxy groups -OCH3 is 1. The second-order valence-corrected chi connectivity index (χ2v) is 9.80. The first kappa shape index (κ1) is 25.8. The third-order valence-electron chi connectivity index (χ3n) is 7.90. The van der Waals surface area contributed by atoms with Crippen LogP contribution in [0.3, 0.4) is 0 Å². The Hall–Kier alpha value is -3.32. The number of Topliss-reactive ketones (excluding diaryl/α,β-unsaturated/α-hetero) is 2. The van der Waals surface area contributed by atoms with E-state index in [4.69, 9.17) is 5.73 Å². The van der Waals surface area contributed by atoms with E-state index in [1.165, 1.54) is 31.1 Å². The molecule has 7 N–H and O–H groups in total. The van der Waals surface area contributed by atoms with Gasteiger partial charge in [-0.2, -0.15) is 0 Å². The minimum Gasteiger partial charge on any atom is -0.507 e. The predicted octanol–water partition coefficient (Wildman–Crippen LogP) is -1.55. The maximum Gasteiger partial charge on any atom is 0.341 e. The van der Waals surface area contributed by atoms with Gasteiger partial charge in [-0.05, 0) is 31.6 Å². The summed E-state index contributed by atoms with van der Waals surface area (Å²) in [5.74, 6) is -11.8. The SMILES string of the molecule is COC(=O)c1ccc2c(c1O)C(O)=C1C(=O)C3(O)C(=O)C(C(N)=O)C(O)[C@@H](N(C)C)C3[C@@H](O)C1[C@H]2C. The van der Waals surface area contributed by atoms with E-state index in [0.29, 0.717) is 5.56 Å². The molecule has 194 valence electrons. The van der Waals surface area contributed by atoms with Gasteiger partial charge in [0.05, 0.1) is 24.9 Å². The number of ketones is 2. The number of carbonyl (C=O) groups is 4. The quantitative estimate of drug-likeness (QED) is 0.205. The van der Waals surface area contributed by atoms with Crippen LogP contribution in [0.4, 0.5) is 0 Å². The Bertz CT molecular complexity index is 1220. The maximum atomic E-state index is 13.8. The van der Waals surface area contributed by atoms with E-state index in [-0.39, 0.29) is 11.1 Å². The van der Waals surface area contributed by atoms with Gasteiger partial charge in [0.25, 0.3) is 0 Å². The summed E-state index contributed by atoms with van der Waals surface area (Å²) in [7, 11) is 4.05. The van der Waals surface area contributed by atoms with E-state index < -0.39 is 88.0 Å². The van der Waals surface area contributed by atoms with Crippen LogP contribution in [-0.4, -0.2) is 98.9 Å². The van der Waals surface area contributed by atoms with Crippen molar-refractivity contribution in [3.05, 3.63) is 34.4 Å². The molecule has 8 atom stereocenters. The van der Waals surface area contributed by atoms with E-state index in [0.717, 1.165) is 7.11 Å². The summed E-state index contributed by atoms with van der Waals surface area (Å²) in [6.45, 7) is 1.60. The molecule has 4 rings (SSSR count). The number of likely N-dealkylation sites (N-methyl/N-ethyl adjacent to an activating group) is 1. The largest absolute Gasteiger partial charge is 0.507 e. The van der Waals surface area contributed by atoms with E-state index in [1.54, 1.807) is 6.92 Å². The van der Waals surface area contributed by atoms with Gasteiger partial charge in [0.2, 0.25) is 11.7 Å². The standard InChI is InChI=1S/C24H28N2O10/c1-7-8-5-6-9(23(34)36-4)16(27)11(8)17(28)12-10(7)18(29)14-15(26(2)3)19(30)13(22(25)33)21(32)24(14,35)20(12)31/h5-7,10,13-15,18-19,27-30,35H,1-4H3,(H2,25,33)/t7-,10?,13?,14?,15-,18-,19?,24?/m0/s1. The van der Waals surface area contributed by atoms with Gasteiger partial charge in [0.15, 0.2) is 11.4 Å². The van der Waals surface area contributed by atoms with Crippen LogP contribution in [0.1, 0.15) is 34.3 Å². The number of aliphatic hydroxyl groups excluding tert-OH is 3. The van der Waals surface area contributed by atoms with Crippen LogP contribution in [0.25, 0.3) is 5.76 Å². The van der Waals surface area contributed by atoms with Crippen LogP contribution >= 0.6 is 0 Å². The highest BCUT2D eigenvalue weighted by Gasteiger charge is 2.71. The summed E-state index contributed by atoms with van der Waals surface area (Å²) in [6, 6.07) is 1.47. The molecule has 12 nitrogen and oxygen atoms in total. The van der Waals surface area contributed by atoms with Crippen molar-refractivity contribution in [3.8, 4) is 5.75 Å². The van der Waals surface area contributed by atoms with Crippen molar-refractivity contribution < 1.29 is 49.4 Å². The Balaban J connectivity index is 2.00. The topological polar surface area (TPSA) is 208 Å². The van der Waals surface area contributed by atoms with Crippen molar-refractivity contribution in [1.29, 1.82) is 0 Å². The number of phenols is 1. The zero-order chi connectivity index (χ0) is 27.0. The first-order valence-electron chi connectivity index (χ1n) is 11.2.